The summed E-state index contributed by atoms with van der Waals surface area (Å²) in [6, 6.07) is 4.75. The molecule has 1 saturated heterocycles. The third-order valence-corrected chi connectivity index (χ3v) is 4.10. The first-order chi connectivity index (χ1) is 8.58. The van der Waals surface area contributed by atoms with Gasteiger partial charge < -0.3 is 10.2 Å². The van der Waals surface area contributed by atoms with Gasteiger partial charge in [0.05, 0.1) is 17.6 Å². The maximum absolute atomic E-state index is 4.63. The lowest BCUT2D eigenvalue weighted by Gasteiger charge is -2.33. The van der Waals surface area contributed by atoms with Crippen molar-refractivity contribution in [3.05, 3.63) is 24.0 Å². The molecule has 18 heavy (non-hydrogen) atoms. The second kappa shape index (κ2) is 5.27. The van der Waals surface area contributed by atoms with Gasteiger partial charge in [-0.05, 0) is 52.3 Å². The Morgan fingerprint density at radius 2 is 2.22 bits per heavy atom. The Bertz CT molecular complexity index is 379. The molecule has 1 fully saturated rings. The Balaban J connectivity index is 2.17. The first-order valence-electron chi connectivity index (χ1n) is 6.99. The van der Waals surface area contributed by atoms with Crippen molar-refractivity contribution in [3.8, 4) is 0 Å². The molecule has 0 radical (unpaired) electrons. The van der Waals surface area contributed by atoms with Gasteiger partial charge in [-0.2, -0.15) is 0 Å². The highest BCUT2D eigenvalue weighted by molar-refractivity contribution is 5.48. The van der Waals surface area contributed by atoms with Crippen molar-refractivity contribution in [2.75, 3.05) is 18.5 Å². The standard InChI is InChI=1S/C15H25N3/c1-5-13(16-4)14-8-7-12(11-17-14)18-10-6-9-15(18,2)3/h7-8,11,13,16H,5-6,9-10H2,1-4H3. The summed E-state index contributed by atoms with van der Waals surface area (Å²) in [6.45, 7) is 7.96. The monoisotopic (exact) mass is 247 g/mol. The van der Waals surface area contributed by atoms with E-state index in [9.17, 15) is 0 Å². The largest absolute Gasteiger partial charge is 0.365 e. The summed E-state index contributed by atoms with van der Waals surface area (Å²) < 4.78 is 0. The lowest BCUT2D eigenvalue weighted by atomic mass is 10.0. The SMILES string of the molecule is CCC(NC)c1ccc(N2CCCC2(C)C)cn1. The fraction of sp³-hybridized carbons (Fsp3) is 0.667. The molecule has 1 unspecified atom stereocenters. The van der Waals surface area contributed by atoms with Crippen molar-refractivity contribution in [2.24, 2.45) is 0 Å². The average molecular weight is 247 g/mol. The van der Waals surface area contributed by atoms with Crippen LogP contribution in [0.15, 0.2) is 18.3 Å². The molecule has 1 N–H and O–H groups in total. The van der Waals surface area contributed by atoms with Crippen LogP contribution in [0.25, 0.3) is 0 Å². The van der Waals surface area contributed by atoms with E-state index in [1.54, 1.807) is 0 Å². The van der Waals surface area contributed by atoms with Crippen LogP contribution in [0.3, 0.4) is 0 Å². The predicted molar refractivity (Wildman–Crippen MR) is 77.0 cm³/mol. The predicted octanol–water partition coefficient (Wildman–Crippen LogP) is 3.13. The van der Waals surface area contributed by atoms with Crippen LogP contribution in [-0.2, 0) is 0 Å². The molecule has 0 aromatic carbocycles. The molecule has 1 aliphatic heterocycles. The Kier molecular flexibility index (Phi) is 3.91. The molecule has 3 heteroatoms. The zero-order valence-corrected chi connectivity index (χ0v) is 12.0. The molecular formula is C15H25N3. The third-order valence-electron chi connectivity index (χ3n) is 4.10. The van der Waals surface area contributed by atoms with E-state index in [2.05, 4.69) is 48.1 Å². The van der Waals surface area contributed by atoms with Gasteiger partial charge in [0, 0.05) is 18.1 Å². The molecule has 100 valence electrons. The lowest BCUT2D eigenvalue weighted by Crippen LogP contribution is -2.38. The quantitative estimate of drug-likeness (QED) is 0.886. The summed E-state index contributed by atoms with van der Waals surface area (Å²) >= 11 is 0. The molecule has 1 aromatic rings. The molecule has 0 amide bonds. The van der Waals surface area contributed by atoms with E-state index in [0.717, 1.165) is 18.7 Å². The minimum atomic E-state index is 0.274. The van der Waals surface area contributed by atoms with Crippen molar-refractivity contribution < 1.29 is 0 Å². The van der Waals surface area contributed by atoms with E-state index in [0.29, 0.717) is 6.04 Å². The molecule has 2 rings (SSSR count). The third kappa shape index (κ3) is 2.51. The molecule has 1 atom stereocenters. The van der Waals surface area contributed by atoms with Gasteiger partial charge in [-0.1, -0.05) is 6.92 Å². The van der Waals surface area contributed by atoms with Crippen molar-refractivity contribution in [1.29, 1.82) is 0 Å². The highest BCUT2D eigenvalue weighted by Crippen LogP contribution is 2.33. The summed E-state index contributed by atoms with van der Waals surface area (Å²) in [7, 11) is 1.99. The summed E-state index contributed by atoms with van der Waals surface area (Å²) in [5.74, 6) is 0. The van der Waals surface area contributed by atoms with E-state index in [1.807, 2.05) is 13.2 Å². The zero-order chi connectivity index (χ0) is 13.2. The van der Waals surface area contributed by atoms with E-state index < -0.39 is 0 Å². The van der Waals surface area contributed by atoms with Crippen LogP contribution in [0, 0.1) is 0 Å². The normalized spacial score (nSPS) is 20.1. The van der Waals surface area contributed by atoms with Crippen molar-refractivity contribution in [1.82, 2.24) is 10.3 Å². The van der Waals surface area contributed by atoms with Gasteiger partial charge in [-0.3, -0.25) is 4.98 Å². The molecule has 3 nitrogen and oxygen atoms in total. The summed E-state index contributed by atoms with van der Waals surface area (Å²) in [5, 5.41) is 3.30. The van der Waals surface area contributed by atoms with Gasteiger partial charge in [0.2, 0.25) is 0 Å². The molecule has 0 spiro atoms. The number of nitrogens with one attached hydrogen (secondary N) is 1. The second-order valence-corrected chi connectivity index (χ2v) is 5.76. The van der Waals surface area contributed by atoms with E-state index in [4.69, 9.17) is 0 Å². The summed E-state index contributed by atoms with van der Waals surface area (Å²) in [4.78, 5) is 7.10. The van der Waals surface area contributed by atoms with Crippen molar-refractivity contribution in [2.45, 2.75) is 51.6 Å². The maximum Gasteiger partial charge on any atom is 0.0574 e. The van der Waals surface area contributed by atoms with Gasteiger partial charge >= 0.3 is 0 Å². The van der Waals surface area contributed by atoms with Crippen LogP contribution >= 0.6 is 0 Å². The van der Waals surface area contributed by atoms with Crippen LogP contribution in [0.5, 0.6) is 0 Å². The molecule has 0 saturated carbocycles. The van der Waals surface area contributed by atoms with Gasteiger partial charge in [0.25, 0.3) is 0 Å². The van der Waals surface area contributed by atoms with Gasteiger partial charge in [0.1, 0.15) is 0 Å². The molecule has 2 heterocycles. The summed E-state index contributed by atoms with van der Waals surface area (Å²) in [6.07, 6.45) is 5.65. The van der Waals surface area contributed by atoms with Crippen LogP contribution in [0.4, 0.5) is 5.69 Å². The van der Waals surface area contributed by atoms with E-state index in [1.165, 1.54) is 18.5 Å². The zero-order valence-electron chi connectivity index (χ0n) is 12.0. The van der Waals surface area contributed by atoms with E-state index >= 15 is 0 Å². The fourth-order valence-corrected chi connectivity index (χ4v) is 2.91. The smallest absolute Gasteiger partial charge is 0.0574 e. The van der Waals surface area contributed by atoms with Crippen LogP contribution < -0.4 is 10.2 Å². The molecule has 1 aliphatic rings. The molecule has 0 aliphatic carbocycles. The van der Waals surface area contributed by atoms with Gasteiger partial charge in [-0.15, -0.1) is 0 Å². The molecular weight excluding hydrogens is 222 g/mol. The Morgan fingerprint density at radius 1 is 1.44 bits per heavy atom. The minimum absolute atomic E-state index is 0.274. The minimum Gasteiger partial charge on any atom is -0.365 e. The first-order valence-corrected chi connectivity index (χ1v) is 6.99. The van der Waals surface area contributed by atoms with Gasteiger partial charge in [-0.25, -0.2) is 0 Å². The number of hydrogen-bond acceptors (Lipinski definition) is 3. The van der Waals surface area contributed by atoms with E-state index in [-0.39, 0.29) is 5.54 Å². The number of rotatable bonds is 4. The number of hydrogen-bond donors (Lipinski definition) is 1. The Hall–Kier alpha value is -1.09. The Labute approximate surface area is 111 Å². The highest BCUT2D eigenvalue weighted by Gasteiger charge is 2.32. The topological polar surface area (TPSA) is 28.2 Å². The maximum atomic E-state index is 4.63. The number of nitrogens with zero attached hydrogens (tertiary/aromatic N) is 2. The number of aromatic nitrogens is 1. The van der Waals surface area contributed by atoms with Crippen molar-refractivity contribution in [3.63, 3.8) is 0 Å². The molecule has 1 aromatic heterocycles. The summed E-state index contributed by atoms with van der Waals surface area (Å²) in [5.41, 5.74) is 2.67. The fourth-order valence-electron chi connectivity index (χ4n) is 2.91. The average Bonchev–Trinajstić information content (AvgIpc) is 2.71. The number of pyridine rings is 1. The van der Waals surface area contributed by atoms with Crippen LogP contribution in [0.2, 0.25) is 0 Å². The van der Waals surface area contributed by atoms with Crippen LogP contribution in [0.1, 0.15) is 51.8 Å². The molecule has 0 bridgehead atoms. The Morgan fingerprint density at radius 3 is 2.67 bits per heavy atom. The van der Waals surface area contributed by atoms with Crippen molar-refractivity contribution >= 4 is 5.69 Å². The first kappa shape index (κ1) is 13.3. The number of anilines is 1. The lowest BCUT2D eigenvalue weighted by molar-refractivity contribution is 0.516. The second-order valence-electron chi connectivity index (χ2n) is 5.76. The van der Waals surface area contributed by atoms with Gasteiger partial charge in [0.15, 0.2) is 0 Å². The van der Waals surface area contributed by atoms with Crippen LogP contribution in [-0.4, -0.2) is 24.1 Å². The highest BCUT2D eigenvalue weighted by atomic mass is 15.2.